The summed E-state index contributed by atoms with van der Waals surface area (Å²) in [5, 5.41) is 0. The number of rotatable bonds is 20. The second kappa shape index (κ2) is 17.7. The van der Waals surface area contributed by atoms with Crippen molar-refractivity contribution in [3.63, 3.8) is 0 Å². The van der Waals surface area contributed by atoms with Gasteiger partial charge in [-0.1, -0.05) is 90.4 Å². The topological polar surface area (TPSA) is 137 Å². The average Bonchev–Trinajstić information content (AvgIpc) is 3.17. The van der Waals surface area contributed by atoms with Gasteiger partial charge in [0.05, 0.1) is 0 Å². The van der Waals surface area contributed by atoms with E-state index in [1.165, 1.54) is 76.8 Å². The Kier molecular flexibility index (Phi) is 15.0. The zero-order chi connectivity index (χ0) is 26.2. The molecule has 0 aromatic carbocycles. The van der Waals surface area contributed by atoms with Crippen molar-refractivity contribution in [2.45, 2.75) is 121 Å². The van der Waals surface area contributed by atoms with E-state index in [1.54, 1.807) is 0 Å². The van der Waals surface area contributed by atoms with Crippen molar-refractivity contribution in [3.05, 3.63) is 33.1 Å². The number of aromatic nitrogens is 2. The Morgan fingerprint density at radius 2 is 1.53 bits per heavy atom. The standard InChI is InChI=1S/C25H41N2O8P/c1-2-3-4-5-6-7-8-9-10-11-12-13-14-15-18-33-23-22(35-36(31)32)20(19-28)34-24(23)27-17-16-21(29)26-25(27)30/h16-17,19-20,22-24H,2-15,18H2,1H3,(H-,26,29,30,31,32)/p+1/t20-,22?,23+,24-/m1/s1. The molecule has 0 saturated carbocycles. The summed E-state index contributed by atoms with van der Waals surface area (Å²) in [4.78, 5) is 46.5. The second-order valence-corrected chi connectivity index (χ2v) is 10.1. The number of ether oxygens (including phenoxy) is 2. The maximum Gasteiger partial charge on any atom is 0.695 e. The molecule has 0 bridgehead atoms. The molecule has 1 aromatic rings. The summed E-state index contributed by atoms with van der Waals surface area (Å²) in [7, 11) is -3.02. The first-order valence-corrected chi connectivity index (χ1v) is 14.5. The molecule has 2 heterocycles. The lowest BCUT2D eigenvalue weighted by Gasteiger charge is -2.22. The van der Waals surface area contributed by atoms with Gasteiger partial charge in [-0.05, 0) is 6.42 Å². The Morgan fingerprint density at radius 3 is 2.03 bits per heavy atom. The summed E-state index contributed by atoms with van der Waals surface area (Å²) in [5.74, 6) is 0. The molecule has 0 spiro atoms. The van der Waals surface area contributed by atoms with Gasteiger partial charge in [0.25, 0.3) is 5.56 Å². The van der Waals surface area contributed by atoms with Crippen molar-refractivity contribution < 1.29 is 28.3 Å². The molecule has 1 aromatic heterocycles. The first-order valence-electron chi connectivity index (χ1n) is 13.3. The number of hydrogen-bond acceptors (Lipinski definition) is 7. The van der Waals surface area contributed by atoms with E-state index in [4.69, 9.17) is 14.0 Å². The number of unbranched alkanes of at least 4 members (excludes halogenated alkanes) is 13. The van der Waals surface area contributed by atoms with E-state index in [0.717, 1.165) is 29.9 Å². The third kappa shape index (κ3) is 10.7. The zero-order valence-corrected chi connectivity index (χ0v) is 22.2. The van der Waals surface area contributed by atoms with Crippen LogP contribution in [0, 0.1) is 0 Å². The van der Waals surface area contributed by atoms with Crippen LogP contribution in [0.15, 0.2) is 21.9 Å². The van der Waals surface area contributed by atoms with Gasteiger partial charge in [-0.15, -0.1) is 9.42 Å². The Hall–Kier alpha value is -1.71. The van der Waals surface area contributed by atoms with E-state index in [2.05, 4.69) is 11.9 Å². The average molecular weight is 530 g/mol. The van der Waals surface area contributed by atoms with Gasteiger partial charge < -0.3 is 14.3 Å². The lowest BCUT2D eigenvalue weighted by atomic mass is 10.0. The number of H-pyrrole nitrogens is 1. The van der Waals surface area contributed by atoms with E-state index < -0.39 is 44.0 Å². The summed E-state index contributed by atoms with van der Waals surface area (Å²) >= 11 is 0. The molecule has 1 aliphatic rings. The molecular formula is C25H42N2O8P+. The van der Waals surface area contributed by atoms with Gasteiger partial charge in [0, 0.05) is 23.4 Å². The van der Waals surface area contributed by atoms with Crippen LogP contribution < -0.4 is 11.2 Å². The number of aldehydes is 1. The number of nitrogens with one attached hydrogen (secondary N) is 1. The molecule has 1 saturated heterocycles. The highest BCUT2D eigenvalue weighted by Crippen LogP contribution is 2.36. The molecule has 2 N–H and O–H groups in total. The van der Waals surface area contributed by atoms with Crippen LogP contribution in [0.25, 0.3) is 0 Å². The molecule has 10 nitrogen and oxygen atoms in total. The van der Waals surface area contributed by atoms with Crippen molar-refractivity contribution in [3.8, 4) is 0 Å². The van der Waals surface area contributed by atoms with Crippen LogP contribution in [0.3, 0.4) is 0 Å². The number of carbonyl (C=O) groups excluding carboxylic acids is 1. The van der Waals surface area contributed by atoms with Crippen LogP contribution >= 0.6 is 8.25 Å². The summed E-state index contributed by atoms with van der Waals surface area (Å²) in [5.41, 5.74) is -1.32. The first-order chi connectivity index (χ1) is 17.5. The Bertz CT molecular complexity index is 889. The second-order valence-electron chi connectivity index (χ2n) is 9.38. The Morgan fingerprint density at radius 1 is 0.972 bits per heavy atom. The fourth-order valence-corrected chi connectivity index (χ4v) is 4.99. The number of hydrogen-bond donors (Lipinski definition) is 2. The van der Waals surface area contributed by atoms with Crippen molar-refractivity contribution in [1.82, 2.24) is 9.55 Å². The van der Waals surface area contributed by atoms with Gasteiger partial charge in [0.1, 0.15) is 12.2 Å². The Balaban J connectivity index is 1.71. The molecule has 11 heteroatoms. The molecular weight excluding hydrogens is 487 g/mol. The summed E-state index contributed by atoms with van der Waals surface area (Å²) < 4.78 is 28.9. The monoisotopic (exact) mass is 529 g/mol. The normalized spacial score (nSPS) is 22.1. The highest BCUT2D eigenvalue weighted by molar-refractivity contribution is 7.32. The van der Waals surface area contributed by atoms with Gasteiger partial charge in [0.2, 0.25) is 0 Å². The van der Waals surface area contributed by atoms with Crippen molar-refractivity contribution in [2.24, 2.45) is 0 Å². The first kappa shape index (κ1) is 30.5. The number of aromatic amines is 1. The molecule has 2 unspecified atom stereocenters. The summed E-state index contributed by atoms with van der Waals surface area (Å²) in [6.45, 7) is 2.56. The predicted octanol–water partition coefficient (Wildman–Crippen LogP) is 4.53. The highest BCUT2D eigenvalue weighted by Gasteiger charge is 2.51. The minimum Gasteiger partial charge on any atom is -0.370 e. The van der Waals surface area contributed by atoms with Gasteiger partial charge in [-0.25, -0.2) is 4.79 Å². The van der Waals surface area contributed by atoms with Crippen LogP contribution in [-0.2, 0) is 23.4 Å². The molecule has 1 fully saturated rings. The molecule has 0 radical (unpaired) electrons. The lowest BCUT2D eigenvalue weighted by molar-refractivity contribution is -0.122. The van der Waals surface area contributed by atoms with E-state index in [0.29, 0.717) is 12.9 Å². The molecule has 0 aliphatic carbocycles. The van der Waals surface area contributed by atoms with Crippen LogP contribution in [0.2, 0.25) is 0 Å². The third-order valence-electron chi connectivity index (χ3n) is 6.50. The maximum absolute atomic E-state index is 12.2. The number of carbonyl (C=O) groups is 1. The predicted molar refractivity (Wildman–Crippen MR) is 136 cm³/mol. The molecule has 5 atom stereocenters. The van der Waals surface area contributed by atoms with Gasteiger partial charge >= 0.3 is 13.9 Å². The highest BCUT2D eigenvalue weighted by atomic mass is 31.1. The lowest BCUT2D eigenvalue weighted by Crippen LogP contribution is -2.39. The quantitative estimate of drug-likeness (QED) is 0.143. The maximum atomic E-state index is 12.2. The van der Waals surface area contributed by atoms with Crippen molar-refractivity contribution in [2.75, 3.05) is 6.61 Å². The SMILES string of the molecule is CCCCCCCCCCCCCCCCO[C@H]1C(O[P+](=O)O)[C@@H](C=O)O[C@H]1n1ccc(=O)[nH]c1=O. The zero-order valence-electron chi connectivity index (χ0n) is 21.3. The van der Waals surface area contributed by atoms with E-state index in [9.17, 15) is 23.8 Å². The van der Waals surface area contributed by atoms with E-state index in [-0.39, 0.29) is 0 Å². The van der Waals surface area contributed by atoms with Crippen LogP contribution in [0.4, 0.5) is 0 Å². The van der Waals surface area contributed by atoms with E-state index in [1.807, 2.05) is 0 Å². The third-order valence-corrected chi connectivity index (χ3v) is 6.93. The Labute approximate surface area is 213 Å². The van der Waals surface area contributed by atoms with Gasteiger partial charge in [-0.3, -0.25) is 14.3 Å². The van der Waals surface area contributed by atoms with Crippen LogP contribution in [0.1, 0.15) is 103 Å². The van der Waals surface area contributed by atoms with Crippen LogP contribution in [-0.4, -0.2) is 45.6 Å². The van der Waals surface area contributed by atoms with Crippen LogP contribution in [0.5, 0.6) is 0 Å². The molecule has 0 amide bonds. The molecule has 1 aliphatic heterocycles. The smallest absolute Gasteiger partial charge is 0.370 e. The minimum absolute atomic E-state index is 0.314. The fraction of sp³-hybridized carbons (Fsp3) is 0.800. The largest absolute Gasteiger partial charge is 0.695 e. The minimum atomic E-state index is -3.02. The summed E-state index contributed by atoms with van der Waals surface area (Å²) in [6.07, 6.45) is 14.5. The number of nitrogens with zero attached hydrogens (tertiary/aromatic N) is 1. The van der Waals surface area contributed by atoms with E-state index >= 15 is 0 Å². The summed E-state index contributed by atoms with van der Waals surface area (Å²) in [6, 6.07) is 1.14. The molecule has 204 valence electrons. The van der Waals surface area contributed by atoms with Gasteiger partial charge in [0.15, 0.2) is 18.6 Å². The van der Waals surface area contributed by atoms with Gasteiger partial charge in [-0.2, -0.15) is 0 Å². The van der Waals surface area contributed by atoms with Crippen molar-refractivity contribution in [1.29, 1.82) is 0 Å². The molecule has 36 heavy (non-hydrogen) atoms. The molecule has 2 rings (SSSR count). The van der Waals surface area contributed by atoms with Crippen molar-refractivity contribution >= 4 is 14.5 Å². The fourth-order valence-electron chi connectivity index (χ4n) is 4.54.